The molecule has 2 heterocycles. The number of halogens is 1. The van der Waals surface area contributed by atoms with E-state index >= 15 is 0 Å². The van der Waals surface area contributed by atoms with Gasteiger partial charge >= 0.3 is 6.09 Å². The van der Waals surface area contributed by atoms with Gasteiger partial charge in [0.1, 0.15) is 11.4 Å². The number of carbonyl (C=O) groups is 1. The summed E-state index contributed by atoms with van der Waals surface area (Å²) in [6, 6.07) is 3.37. The predicted octanol–water partition coefficient (Wildman–Crippen LogP) is 3.06. The highest BCUT2D eigenvalue weighted by atomic mass is 19.1. The van der Waals surface area contributed by atoms with Crippen molar-refractivity contribution in [2.24, 2.45) is 0 Å². The van der Waals surface area contributed by atoms with Crippen molar-refractivity contribution in [3.63, 3.8) is 0 Å². The van der Waals surface area contributed by atoms with Crippen molar-refractivity contribution in [1.82, 2.24) is 4.90 Å². The molecule has 2 aliphatic rings. The number of rotatable bonds is 3. The molecule has 2 aliphatic heterocycles. The molecule has 0 spiro atoms. The first-order chi connectivity index (χ1) is 13.2. The van der Waals surface area contributed by atoms with Crippen molar-refractivity contribution in [1.29, 1.82) is 0 Å². The maximum absolute atomic E-state index is 14.6. The van der Waals surface area contributed by atoms with Gasteiger partial charge in [0.25, 0.3) is 0 Å². The van der Waals surface area contributed by atoms with Crippen LogP contribution in [0.25, 0.3) is 0 Å². The number of nitrogens with two attached hydrogens (primary N) is 1. The molecular formula is C20H31FN4O3. The Balaban J connectivity index is 1.66. The Morgan fingerprint density at radius 1 is 1.21 bits per heavy atom. The van der Waals surface area contributed by atoms with Crippen molar-refractivity contribution in [3.05, 3.63) is 17.9 Å². The van der Waals surface area contributed by atoms with E-state index in [1.54, 1.807) is 26.8 Å². The van der Waals surface area contributed by atoms with Gasteiger partial charge in [0, 0.05) is 38.3 Å². The zero-order valence-electron chi connectivity index (χ0n) is 17.0. The Bertz CT molecular complexity index is 693. The summed E-state index contributed by atoms with van der Waals surface area (Å²) in [4.78, 5) is 16.5. The van der Waals surface area contributed by atoms with E-state index in [4.69, 9.17) is 15.2 Å². The molecule has 0 aromatic heterocycles. The van der Waals surface area contributed by atoms with Gasteiger partial charge in [-0.05, 0) is 39.7 Å². The van der Waals surface area contributed by atoms with Crippen LogP contribution in [0.4, 0.5) is 26.2 Å². The van der Waals surface area contributed by atoms with Crippen molar-refractivity contribution in [2.75, 3.05) is 55.3 Å². The van der Waals surface area contributed by atoms with E-state index < -0.39 is 11.7 Å². The molecule has 0 radical (unpaired) electrons. The Labute approximate surface area is 165 Å². The predicted molar refractivity (Wildman–Crippen MR) is 108 cm³/mol. The third-order valence-electron chi connectivity index (χ3n) is 5.12. The number of anilines is 3. The standard InChI is InChI=1S/C20H31FN4O3/c1-20(2,3)28-19(26)23-17-13-18(15(21)12-16(17)22)25-6-4-14(5-7-25)24-8-10-27-11-9-24/h12-14H,4-11,22H2,1-3H3,(H,23,26). The molecule has 1 aromatic carbocycles. The average Bonchev–Trinajstić information content (AvgIpc) is 2.63. The van der Waals surface area contributed by atoms with Crippen LogP contribution in [0.5, 0.6) is 0 Å². The number of amides is 1. The number of ether oxygens (including phenoxy) is 2. The van der Waals surface area contributed by atoms with Gasteiger partial charge < -0.3 is 20.1 Å². The van der Waals surface area contributed by atoms with Crippen molar-refractivity contribution in [2.45, 2.75) is 45.3 Å². The van der Waals surface area contributed by atoms with E-state index in [1.807, 2.05) is 4.90 Å². The van der Waals surface area contributed by atoms with Crippen LogP contribution in [0, 0.1) is 5.82 Å². The smallest absolute Gasteiger partial charge is 0.412 e. The maximum Gasteiger partial charge on any atom is 0.412 e. The van der Waals surface area contributed by atoms with Gasteiger partial charge in [-0.25, -0.2) is 9.18 Å². The summed E-state index contributed by atoms with van der Waals surface area (Å²) >= 11 is 0. The first-order valence-electron chi connectivity index (χ1n) is 9.89. The minimum absolute atomic E-state index is 0.176. The highest BCUT2D eigenvalue weighted by Gasteiger charge is 2.27. The first kappa shape index (κ1) is 20.7. The van der Waals surface area contributed by atoms with Crippen LogP contribution in [0.1, 0.15) is 33.6 Å². The highest BCUT2D eigenvalue weighted by molar-refractivity contribution is 5.90. The third-order valence-corrected chi connectivity index (χ3v) is 5.12. The first-order valence-corrected chi connectivity index (χ1v) is 9.89. The van der Waals surface area contributed by atoms with E-state index in [0.29, 0.717) is 17.4 Å². The molecule has 0 unspecified atom stereocenters. The molecule has 2 fully saturated rings. The summed E-state index contributed by atoms with van der Waals surface area (Å²) in [5.74, 6) is -0.378. The number of piperidine rings is 1. The van der Waals surface area contributed by atoms with Gasteiger partial charge in [0.15, 0.2) is 0 Å². The fourth-order valence-corrected chi connectivity index (χ4v) is 3.76. The normalized spacial score (nSPS) is 19.5. The SMILES string of the molecule is CC(C)(C)OC(=O)Nc1cc(N2CCC(N3CCOCC3)CC2)c(F)cc1N. The summed E-state index contributed by atoms with van der Waals surface area (Å²) in [6.45, 7) is 10.4. The Kier molecular flexibility index (Phi) is 6.30. The lowest BCUT2D eigenvalue weighted by molar-refractivity contribution is 0.0115. The van der Waals surface area contributed by atoms with Crippen molar-refractivity contribution >= 4 is 23.2 Å². The molecule has 0 atom stereocenters. The lowest BCUT2D eigenvalue weighted by Crippen LogP contribution is -2.49. The third kappa shape index (κ3) is 5.26. The van der Waals surface area contributed by atoms with E-state index in [1.165, 1.54) is 6.07 Å². The molecule has 1 aromatic rings. The monoisotopic (exact) mass is 394 g/mol. The molecule has 7 nitrogen and oxygen atoms in total. The fraction of sp³-hybridized carbons (Fsp3) is 0.650. The summed E-state index contributed by atoms with van der Waals surface area (Å²) in [6.07, 6.45) is 1.33. The summed E-state index contributed by atoms with van der Waals surface area (Å²) in [7, 11) is 0. The van der Waals surface area contributed by atoms with E-state index in [0.717, 1.165) is 52.2 Å². The van der Waals surface area contributed by atoms with Gasteiger partial charge in [-0.15, -0.1) is 0 Å². The Morgan fingerprint density at radius 3 is 2.46 bits per heavy atom. The molecule has 156 valence electrons. The second kappa shape index (κ2) is 8.53. The Morgan fingerprint density at radius 2 is 1.86 bits per heavy atom. The lowest BCUT2D eigenvalue weighted by atomic mass is 10.0. The van der Waals surface area contributed by atoms with Gasteiger partial charge in [-0.3, -0.25) is 10.2 Å². The number of benzene rings is 1. The zero-order valence-corrected chi connectivity index (χ0v) is 17.0. The van der Waals surface area contributed by atoms with Gasteiger partial charge in [-0.2, -0.15) is 0 Å². The maximum atomic E-state index is 14.6. The van der Waals surface area contributed by atoms with Crippen LogP contribution in [0.3, 0.4) is 0 Å². The molecule has 0 saturated carbocycles. The molecule has 0 aliphatic carbocycles. The molecular weight excluding hydrogens is 363 g/mol. The zero-order chi connectivity index (χ0) is 20.3. The summed E-state index contributed by atoms with van der Waals surface area (Å²) < 4.78 is 25.3. The lowest BCUT2D eigenvalue weighted by Gasteiger charge is -2.41. The molecule has 28 heavy (non-hydrogen) atoms. The minimum Gasteiger partial charge on any atom is -0.444 e. The minimum atomic E-state index is -0.622. The van der Waals surface area contributed by atoms with Crippen LogP contribution >= 0.6 is 0 Å². The van der Waals surface area contributed by atoms with E-state index in [-0.39, 0.29) is 11.5 Å². The molecule has 8 heteroatoms. The van der Waals surface area contributed by atoms with Crippen molar-refractivity contribution < 1.29 is 18.7 Å². The highest BCUT2D eigenvalue weighted by Crippen LogP contribution is 2.32. The molecule has 3 rings (SSSR count). The van der Waals surface area contributed by atoms with Crippen molar-refractivity contribution in [3.8, 4) is 0 Å². The van der Waals surface area contributed by atoms with Crippen LogP contribution in [0.2, 0.25) is 0 Å². The second-order valence-corrected chi connectivity index (χ2v) is 8.38. The topological polar surface area (TPSA) is 80.1 Å². The van der Waals surface area contributed by atoms with Crippen LogP contribution < -0.4 is 16.0 Å². The number of morpholine rings is 1. The van der Waals surface area contributed by atoms with Gasteiger partial charge in [-0.1, -0.05) is 0 Å². The molecule has 0 bridgehead atoms. The summed E-state index contributed by atoms with van der Waals surface area (Å²) in [5, 5.41) is 2.63. The van der Waals surface area contributed by atoms with Gasteiger partial charge in [0.2, 0.25) is 0 Å². The number of hydrogen-bond acceptors (Lipinski definition) is 6. The molecule has 3 N–H and O–H groups in total. The number of carbonyl (C=O) groups excluding carboxylic acids is 1. The second-order valence-electron chi connectivity index (χ2n) is 8.38. The van der Waals surface area contributed by atoms with Crippen LogP contribution in [-0.4, -0.2) is 62.0 Å². The molecule has 2 saturated heterocycles. The number of nitrogens with one attached hydrogen (secondary N) is 1. The van der Waals surface area contributed by atoms with E-state index in [9.17, 15) is 9.18 Å². The van der Waals surface area contributed by atoms with E-state index in [2.05, 4.69) is 10.2 Å². The largest absolute Gasteiger partial charge is 0.444 e. The number of hydrogen-bond donors (Lipinski definition) is 2. The quantitative estimate of drug-likeness (QED) is 0.767. The number of nitrogen functional groups attached to an aromatic ring is 1. The number of nitrogens with zero attached hydrogens (tertiary/aromatic N) is 2. The van der Waals surface area contributed by atoms with Crippen LogP contribution in [-0.2, 0) is 9.47 Å². The molecule has 1 amide bonds. The fourth-order valence-electron chi connectivity index (χ4n) is 3.76. The average molecular weight is 394 g/mol. The van der Waals surface area contributed by atoms with Gasteiger partial charge in [0.05, 0.1) is 30.3 Å². The summed E-state index contributed by atoms with van der Waals surface area (Å²) in [5.41, 5.74) is 6.28. The Hall–Kier alpha value is -2.06. The van der Waals surface area contributed by atoms with Crippen LogP contribution in [0.15, 0.2) is 12.1 Å².